The summed E-state index contributed by atoms with van der Waals surface area (Å²) in [4.78, 5) is 3.36. The quantitative estimate of drug-likeness (QED) is 0.792. The smallest absolute Gasteiger partial charge is 0.0461 e. The Morgan fingerprint density at radius 3 is 2.19 bits per heavy atom. The van der Waals surface area contributed by atoms with Gasteiger partial charge in [0, 0.05) is 23.5 Å². The largest absolute Gasteiger partial charge is 0.357 e. The van der Waals surface area contributed by atoms with Crippen molar-refractivity contribution < 1.29 is 0 Å². The zero-order chi connectivity index (χ0) is 11.7. The topological polar surface area (TPSA) is 41.8 Å². The summed E-state index contributed by atoms with van der Waals surface area (Å²) < 4.78 is 0. The highest BCUT2D eigenvalue weighted by Gasteiger charge is 2.08. The molecular weight excluding hydrogens is 196 g/mol. The van der Waals surface area contributed by atoms with Crippen LogP contribution < -0.4 is 5.73 Å². The van der Waals surface area contributed by atoms with Crippen molar-refractivity contribution in [1.82, 2.24) is 4.98 Å². The minimum absolute atomic E-state index is 0.559. The lowest BCUT2D eigenvalue weighted by Crippen LogP contribution is -1.96. The van der Waals surface area contributed by atoms with Crippen molar-refractivity contribution in [3.8, 4) is 11.3 Å². The van der Waals surface area contributed by atoms with Gasteiger partial charge in [0.2, 0.25) is 0 Å². The van der Waals surface area contributed by atoms with Crippen LogP contribution in [0.1, 0.15) is 22.4 Å². The van der Waals surface area contributed by atoms with Crippen LogP contribution in [0.15, 0.2) is 24.3 Å². The summed E-state index contributed by atoms with van der Waals surface area (Å²) in [5.41, 5.74) is 13.1. The van der Waals surface area contributed by atoms with Crippen LogP contribution in [0, 0.1) is 20.8 Å². The van der Waals surface area contributed by atoms with Gasteiger partial charge >= 0.3 is 0 Å². The number of benzene rings is 1. The first kappa shape index (κ1) is 11.0. The third-order valence-corrected chi connectivity index (χ3v) is 2.91. The van der Waals surface area contributed by atoms with Crippen molar-refractivity contribution in [2.75, 3.05) is 0 Å². The summed E-state index contributed by atoms with van der Waals surface area (Å²) in [7, 11) is 0. The van der Waals surface area contributed by atoms with Gasteiger partial charge in [-0.05, 0) is 44.0 Å². The molecule has 0 saturated carbocycles. The molecule has 2 nitrogen and oxygen atoms in total. The number of aromatic nitrogens is 1. The molecule has 0 unspecified atom stereocenters. The molecule has 0 aliphatic rings. The minimum Gasteiger partial charge on any atom is -0.357 e. The first-order valence-corrected chi connectivity index (χ1v) is 5.58. The standard InChI is InChI=1S/C14H18N2/c1-9-6-10(2)14(11(3)7-9)13-5-4-12(8-15)16-13/h4-7,16H,8,15H2,1-3H3. The fraction of sp³-hybridized carbons (Fsp3) is 0.286. The Labute approximate surface area is 96.5 Å². The molecule has 0 amide bonds. The molecule has 2 heteroatoms. The van der Waals surface area contributed by atoms with Crippen LogP contribution in [-0.4, -0.2) is 4.98 Å². The second-order valence-electron chi connectivity index (χ2n) is 4.38. The lowest BCUT2D eigenvalue weighted by atomic mass is 9.98. The fourth-order valence-corrected chi connectivity index (χ4v) is 2.31. The van der Waals surface area contributed by atoms with Gasteiger partial charge in [0.05, 0.1) is 0 Å². The highest BCUT2D eigenvalue weighted by Crippen LogP contribution is 2.27. The molecule has 2 rings (SSSR count). The van der Waals surface area contributed by atoms with E-state index in [0.29, 0.717) is 6.54 Å². The van der Waals surface area contributed by atoms with Gasteiger partial charge in [-0.1, -0.05) is 17.7 Å². The molecule has 0 atom stereocenters. The van der Waals surface area contributed by atoms with Crippen LogP contribution in [-0.2, 0) is 6.54 Å². The minimum atomic E-state index is 0.559. The molecule has 1 aromatic carbocycles. The summed E-state index contributed by atoms with van der Waals surface area (Å²) in [5.74, 6) is 0. The summed E-state index contributed by atoms with van der Waals surface area (Å²) in [5, 5.41) is 0. The lowest BCUT2D eigenvalue weighted by Gasteiger charge is -2.09. The van der Waals surface area contributed by atoms with E-state index in [1.165, 1.54) is 22.3 Å². The maximum Gasteiger partial charge on any atom is 0.0461 e. The number of nitrogens with one attached hydrogen (secondary N) is 1. The van der Waals surface area contributed by atoms with Gasteiger partial charge in [-0.3, -0.25) is 0 Å². The SMILES string of the molecule is Cc1cc(C)c(-c2ccc(CN)[nH]2)c(C)c1. The molecule has 2 aromatic rings. The van der Waals surface area contributed by atoms with E-state index in [1.54, 1.807) is 0 Å². The number of aromatic amines is 1. The summed E-state index contributed by atoms with van der Waals surface area (Å²) in [6.45, 7) is 6.99. The number of aryl methyl sites for hydroxylation is 3. The van der Waals surface area contributed by atoms with Crippen molar-refractivity contribution in [1.29, 1.82) is 0 Å². The summed E-state index contributed by atoms with van der Waals surface area (Å²) in [6.07, 6.45) is 0. The van der Waals surface area contributed by atoms with E-state index in [4.69, 9.17) is 5.73 Å². The molecule has 1 aromatic heterocycles. The van der Waals surface area contributed by atoms with Crippen LogP contribution in [0.4, 0.5) is 0 Å². The van der Waals surface area contributed by atoms with Gasteiger partial charge in [0.15, 0.2) is 0 Å². The monoisotopic (exact) mass is 214 g/mol. The molecule has 0 spiro atoms. The van der Waals surface area contributed by atoms with Crippen LogP contribution in [0.25, 0.3) is 11.3 Å². The average Bonchev–Trinajstić information content (AvgIpc) is 2.64. The van der Waals surface area contributed by atoms with Gasteiger partial charge in [-0.25, -0.2) is 0 Å². The molecule has 0 aliphatic heterocycles. The van der Waals surface area contributed by atoms with Crippen molar-refractivity contribution in [2.24, 2.45) is 5.73 Å². The van der Waals surface area contributed by atoms with E-state index in [9.17, 15) is 0 Å². The second-order valence-corrected chi connectivity index (χ2v) is 4.38. The molecule has 84 valence electrons. The van der Waals surface area contributed by atoms with Crippen LogP contribution in [0.3, 0.4) is 0 Å². The Balaban J connectivity index is 2.55. The van der Waals surface area contributed by atoms with Gasteiger partial charge in [0.25, 0.3) is 0 Å². The molecule has 0 aliphatic carbocycles. The van der Waals surface area contributed by atoms with Crippen LogP contribution in [0.2, 0.25) is 0 Å². The fourth-order valence-electron chi connectivity index (χ4n) is 2.31. The molecule has 0 fully saturated rings. The van der Waals surface area contributed by atoms with Crippen molar-refractivity contribution in [3.05, 3.63) is 46.6 Å². The Kier molecular flexibility index (Phi) is 2.84. The number of H-pyrrole nitrogens is 1. The molecule has 0 bridgehead atoms. The third kappa shape index (κ3) is 1.89. The van der Waals surface area contributed by atoms with Crippen LogP contribution in [0.5, 0.6) is 0 Å². The molecule has 0 radical (unpaired) electrons. The predicted octanol–water partition coefficient (Wildman–Crippen LogP) is 3.07. The van der Waals surface area contributed by atoms with Gasteiger partial charge in [0.1, 0.15) is 0 Å². The van der Waals surface area contributed by atoms with Gasteiger partial charge in [-0.2, -0.15) is 0 Å². The summed E-state index contributed by atoms with van der Waals surface area (Å²) >= 11 is 0. The van der Waals surface area contributed by atoms with Crippen molar-refractivity contribution >= 4 is 0 Å². The Morgan fingerprint density at radius 2 is 1.69 bits per heavy atom. The third-order valence-electron chi connectivity index (χ3n) is 2.91. The lowest BCUT2D eigenvalue weighted by molar-refractivity contribution is 1.01. The van der Waals surface area contributed by atoms with E-state index in [-0.39, 0.29) is 0 Å². The van der Waals surface area contributed by atoms with E-state index in [0.717, 1.165) is 11.4 Å². The molecule has 16 heavy (non-hydrogen) atoms. The highest BCUT2D eigenvalue weighted by molar-refractivity contribution is 5.68. The van der Waals surface area contributed by atoms with E-state index >= 15 is 0 Å². The average molecular weight is 214 g/mol. The number of hydrogen-bond acceptors (Lipinski definition) is 1. The highest BCUT2D eigenvalue weighted by atomic mass is 14.8. The molecule has 1 heterocycles. The first-order chi connectivity index (χ1) is 7.61. The predicted molar refractivity (Wildman–Crippen MR) is 68.3 cm³/mol. The maximum atomic E-state index is 5.61. The van der Waals surface area contributed by atoms with E-state index < -0.39 is 0 Å². The number of nitrogens with two attached hydrogens (primary N) is 1. The van der Waals surface area contributed by atoms with Crippen LogP contribution >= 0.6 is 0 Å². The molecule has 0 saturated heterocycles. The van der Waals surface area contributed by atoms with Gasteiger partial charge in [-0.15, -0.1) is 0 Å². The van der Waals surface area contributed by atoms with Crippen molar-refractivity contribution in [2.45, 2.75) is 27.3 Å². The molecule has 3 N–H and O–H groups in total. The van der Waals surface area contributed by atoms with E-state index in [1.807, 2.05) is 6.07 Å². The Bertz CT molecular complexity index is 486. The number of hydrogen-bond donors (Lipinski definition) is 2. The molecular formula is C14H18N2. The first-order valence-electron chi connectivity index (χ1n) is 5.58. The second kappa shape index (κ2) is 4.14. The Morgan fingerprint density at radius 1 is 1.06 bits per heavy atom. The van der Waals surface area contributed by atoms with Gasteiger partial charge < -0.3 is 10.7 Å². The zero-order valence-corrected chi connectivity index (χ0v) is 10.1. The zero-order valence-electron chi connectivity index (χ0n) is 10.1. The van der Waals surface area contributed by atoms with E-state index in [2.05, 4.69) is 44.0 Å². The summed E-state index contributed by atoms with van der Waals surface area (Å²) in [6, 6.07) is 8.58. The maximum absolute atomic E-state index is 5.61. The number of rotatable bonds is 2. The Hall–Kier alpha value is -1.54. The van der Waals surface area contributed by atoms with Crippen molar-refractivity contribution in [3.63, 3.8) is 0 Å². The normalized spacial score (nSPS) is 10.8.